The fraction of sp³-hybridized carbons (Fsp3) is 0.818. The summed E-state index contributed by atoms with van der Waals surface area (Å²) in [7, 11) is 0. The zero-order valence-electron chi connectivity index (χ0n) is 16.8. The standard InChI is InChI=1S/C22H34N4O/c1-3-6-26-13(2)18(12-23-26)22(27)25-20-5-4-19(20)24-21-16-8-14-7-15(10-16)11-17(21)9-14/h12,14-17,19-21,24H,3-11H2,1-2H3,(H,25,27)/t14?,15?,16?,17?,19-,20+,21?/m1/s1. The van der Waals surface area contributed by atoms with Gasteiger partial charge in [-0.2, -0.15) is 5.10 Å². The molecule has 0 saturated heterocycles. The summed E-state index contributed by atoms with van der Waals surface area (Å²) in [4.78, 5) is 12.8. The van der Waals surface area contributed by atoms with E-state index >= 15 is 0 Å². The maximum atomic E-state index is 12.8. The Labute approximate surface area is 162 Å². The van der Waals surface area contributed by atoms with Crippen molar-refractivity contribution in [1.82, 2.24) is 20.4 Å². The minimum atomic E-state index is 0.0523. The zero-order valence-corrected chi connectivity index (χ0v) is 16.8. The molecule has 1 aromatic rings. The van der Waals surface area contributed by atoms with Gasteiger partial charge in [0, 0.05) is 30.4 Å². The average molecular weight is 371 g/mol. The summed E-state index contributed by atoms with van der Waals surface area (Å²) in [6.07, 6.45) is 12.4. The Morgan fingerprint density at radius 2 is 1.78 bits per heavy atom. The number of carbonyl (C=O) groups is 1. The van der Waals surface area contributed by atoms with Crippen molar-refractivity contribution < 1.29 is 4.79 Å². The molecule has 4 bridgehead atoms. The van der Waals surface area contributed by atoms with E-state index in [1.165, 1.54) is 38.5 Å². The number of hydrogen-bond donors (Lipinski definition) is 2. The third kappa shape index (κ3) is 3.12. The monoisotopic (exact) mass is 370 g/mol. The van der Waals surface area contributed by atoms with Crippen LogP contribution < -0.4 is 10.6 Å². The molecular weight excluding hydrogens is 336 g/mol. The Kier molecular flexibility index (Phi) is 4.53. The van der Waals surface area contributed by atoms with Crippen molar-refractivity contribution in [1.29, 1.82) is 0 Å². The van der Waals surface area contributed by atoms with Gasteiger partial charge in [0.05, 0.1) is 11.8 Å². The molecule has 5 heteroatoms. The molecule has 148 valence electrons. The molecule has 6 rings (SSSR count). The first-order valence-electron chi connectivity index (χ1n) is 11.2. The predicted molar refractivity (Wildman–Crippen MR) is 105 cm³/mol. The Bertz CT molecular complexity index is 683. The summed E-state index contributed by atoms with van der Waals surface area (Å²) >= 11 is 0. The number of carbonyl (C=O) groups excluding carboxylic acids is 1. The average Bonchev–Trinajstić information content (AvgIpc) is 2.98. The van der Waals surface area contributed by atoms with E-state index in [0.29, 0.717) is 12.1 Å². The van der Waals surface area contributed by atoms with Crippen LogP contribution in [0, 0.1) is 30.6 Å². The Morgan fingerprint density at radius 1 is 1.11 bits per heavy atom. The second kappa shape index (κ2) is 6.91. The van der Waals surface area contributed by atoms with E-state index in [-0.39, 0.29) is 11.9 Å². The molecule has 1 amide bonds. The third-order valence-corrected chi connectivity index (χ3v) is 8.01. The molecule has 5 fully saturated rings. The van der Waals surface area contributed by atoms with Crippen molar-refractivity contribution in [3.05, 3.63) is 17.5 Å². The number of nitrogens with zero attached hydrogens (tertiary/aromatic N) is 2. The molecule has 0 spiro atoms. The number of rotatable bonds is 6. The highest BCUT2D eigenvalue weighted by atomic mass is 16.1. The number of hydrogen-bond acceptors (Lipinski definition) is 3. The lowest BCUT2D eigenvalue weighted by molar-refractivity contribution is -0.0236. The first-order chi connectivity index (χ1) is 13.1. The Hall–Kier alpha value is -1.36. The summed E-state index contributed by atoms with van der Waals surface area (Å²) in [5.41, 5.74) is 1.72. The van der Waals surface area contributed by atoms with E-state index in [1.54, 1.807) is 6.20 Å². The molecule has 2 N–H and O–H groups in total. The van der Waals surface area contributed by atoms with E-state index in [4.69, 9.17) is 0 Å². The van der Waals surface area contributed by atoms with Crippen LogP contribution in [-0.4, -0.2) is 33.8 Å². The largest absolute Gasteiger partial charge is 0.348 e. The molecule has 0 radical (unpaired) electrons. The van der Waals surface area contributed by atoms with Crippen molar-refractivity contribution in [2.45, 2.75) is 89.9 Å². The van der Waals surface area contributed by atoms with E-state index in [1.807, 2.05) is 11.6 Å². The highest BCUT2D eigenvalue weighted by Crippen LogP contribution is 2.54. The first-order valence-corrected chi connectivity index (χ1v) is 11.2. The number of amides is 1. The molecule has 0 aromatic carbocycles. The molecular formula is C22H34N4O. The molecule has 1 heterocycles. The fourth-order valence-corrected chi connectivity index (χ4v) is 6.67. The molecule has 5 nitrogen and oxygen atoms in total. The summed E-state index contributed by atoms with van der Waals surface area (Å²) in [5.74, 6) is 3.88. The summed E-state index contributed by atoms with van der Waals surface area (Å²) < 4.78 is 1.94. The highest BCUT2D eigenvalue weighted by Gasteiger charge is 2.49. The van der Waals surface area contributed by atoms with Gasteiger partial charge in [0.15, 0.2) is 0 Å². The topological polar surface area (TPSA) is 59.0 Å². The van der Waals surface area contributed by atoms with Crippen LogP contribution in [0.15, 0.2) is 6.20 Å². The second-order valence-corrected chi connectivity index (χ2v) is 9.75. The summed E-state index contributed by atoms with van der Waals surface area (Å²) in [6.45, 7) is 5.01. The molecule has 0 aliphatic heterocycles. The SMILES string of the molecule is CCCn1ncc(C(=O)N[C@H]2CC[C@H]2NC2C3CC4CC(C3)CC2C4)c1C. The van der Waals surface area contributed by atoms with Crippen LogP contribution in [0.1, 0.15) is 74.3 Å². The molecule has 5 saturated carbocycles. The van der Waals surface area contributed by atoms with Gasteiger partial charge in [0.2, 0.25) is 0 Å². The van der Waals surface area contributed by atoms with Gasteiger partial charge in [0.1, 0.15) is 0 Å². The van der Waals surface area contributed by atoms with E-state index < -0.39 is 0 Å². The maximum absolute atomic E-state index is 12.8. The van der Waals surface area contributed by atoms with Crippen LogP contribution in [0.2, 0.25) is 0 Å². The van der Waals surface area contributed by atoms with Crippen LogP contribution in [0.3, 0.4) is 0 Å². The quantitative estimate of drug-likeness (QED) is 0.808. The predicted octanol–water partition coefficient (Wildman–Crippen LogP) is 3.28. The smallest absolute Gasteiger partial charge is 0.255 e. The van der Waals surface area contributed by atoms with Crippen LogP contribution in [0.25, 0.3) is 0 Å². The van der Waals surface area contributed by atoms with Gasteiger partial charge in [-0.25, -0.2) is 0 Å². The minimum Gasteiger partial charge on any atom is -0.348 e. The fourth-order valence-electron chi connectivity index (χ4n) is 6.67. The van der Waals surface area contributed by atoms with Crippen molar-refractivity contribution >= 4 is 5.91 Å². The lowest BCUT2D eigenvalue weighted by Crippen LogP contribution is -2.64. The van der Waals surface area contributed by atoms with Crippen molar-refractivity contribution in [3.8, 4) is 0 Å². The number of nitrogens with one attached hydrogen (secondary N) is 2. The lowest BCUT2D eigenvalue weighted by atomic mass is 9.54. The van der Waals surface area contributed by atoms with Gasteiger partial charge >= 0.3 is 0 Å². The number of aromatic nitrogens is 2. The van der Waals surface area contributed by atoms with E-state index in [0.717, 1.165) is 54.3 Å². The van der Waals surface area contributed by atoms with Crippen LogP contribution in [0.4, 0.5) is 0 Å². The molecule has 2 atom stereocenters. The van der Waals surface area contributed by atoms with Crippen LogP contribution >= 0.6 is 0 Å². The lowest BCUT2D eigenvalue weighted by Gasteiger charge is -2.56. The summed E-state index contributed by atoms with van der Waals surface area (Å²) in [6, 6.07) is 1.45. The highest BCUT2D eigenvalue weighted by molar-refractivity contribution is 5.95. The van der Waals surface area contributed by atoms with Crippen molar-refractivity contribution in [2.24, 2.45) is 23.7 Å². The van der Waals surface area contributed by atoms with Gasteiger partial charge in [-0.1, -0.05) is 6.92 Å². The summed E-state index contributed by atoms with van der Waals surface area (Å²) in [5, 5.41) is 11.7. The first kappa shape index (κ1) is 17.7. The van der Waals surface area contributed by atoms with Crippen LogP contribution in [0.5, 0.6) is 0 Å². The Balaban J connectivity index is 1.19. The van der Waals surface area contributed by atoms with Gasteiger partial charge in [0.25, 0.3) is 5.91 Å². The second-order valence-electron chi connectivity index (χ2n) is 9.75. The maximum Gasteiger partial charge on any atom is 0.255 e. The minimum absolute atomic E-state index is 0.0523. The van der Waals surface area contributed by atoms with Gasteiger partial charge in [-0.15, -0.1) is 0 Å². The van der Waals surface area contributed by atoms with Crippen molar-refractivity contribution in [2.75, 3.05) is 0 Å². The molecule has 27 heavy (non-hydrogen) atoms. The van der Waals surface area contributed by atoms with Crippen LogP contribution in [-0.2, 0) is 6.54 Å². The normalized spacial score (nSPS) is 39.4. The van der Waals surface area contributed by atoms with Gasteiger partial charge in [-0.05, 0) is 82.0 Å². The molecule has 5 aliphatic rings. The van der Waals surface area contributed by atoms with E-state index in [2.05, 4.69) is 22.7 Å². The third-order valence-electron chi connectivity index (χ3n) is 8.01. The zero-order chi connectivity index (χ0) is 18.5. The molecule has 0 unspecified atom stereocenters. The Morgan fingerprint density at radius 3 is 2.37 bits per heavy atom. The van der Waals surface area contributed by atoms with Gasteiger partial charge < -0.3 is 10.6 Å². The van der Waals surface area contributed by atoms with E-state index in [9.17, 15) is 4.79 Å². The van der Waals surface area contributed by atoms with Crippen molar-refractivity contribution in [3.63, 3.8) is 0 Å². The molecule has 1 aromatic heterocycles. The molecule has 5 aliphatic carbocycles. The van der Waals surface area contributed by atoms with Gasteiger partial charge in [-0.3, -0.25) is 9.48 Å². The number of aryl methyl sites for hydroxylation is 1.